The van der Waals surface area contributed by atoms with Gasteiger partial charge in [-0.1, -0.05) is 22.6 Å². The average Bonchev–Trinajstić information content (AvgIpc) is 2.23. The van der Waals surface area contributed by atoms with Crippen molar-refractivity contribution in [2.24, 2.45) is 5.92 Å². The van der Waals surface area contributed by atoms with Gasteiger partial charge in [0.2, 0.25) is 0 Å². The molecule has 0 aromatic heterocycles. The molecular weight excluding hydrogens is 325 g/mol. The first kappa shape index (κ1) is 11.9. The zero-order valence-corrected chi connectivity index (χ0v) is 11.1. The Hall–Kier alpha value is -0.530. The minimum absolute atomic E-state index is 0.0648. The van der Waals surface area contributed by atoms with Gasteiger partial charge in [-0.2, -0.15) is 0 Å². The molecular formula is C10H14INO4. The molecule has 4 atom stereocenters. The number of nitrogens with one attached hydrogen (secondary N) is 1. The van der Waals surface area contributed by atoms with Crippen molar-refractivity contribution >= 4 is 34.7 Å². The molecule has 2 aliphatic rings. The third-order valence-corrected chi connectivity index (χ3v) is 4.32. The van der Waals surface area contributed by atoms with Gasteiger partial charge in [0.05, 0.1) is 12.5 Å². The lowest BCUT2D eigenvalue weighted by molar-refractivity contribution is -0.151. The number of ether oxygens (including phenoxy) is 2. The number of esters is 1. The minimum Gasteiger partial charge on any atom is -0.466 e. The zero-order valence-electron chi connectivity index (χ0n) is 8.94. The van der Waals surface area contributed by atoms with Gasteiger partial charge in [0.1, 0.15) is 6.10 Å². The van der Waals surface area contributed by atoms with Crippen molar-refractivity contribution in [3.63, 3.8) is 0 Å². The molecule has 1 saturated carbocycles. The van der Waals surface area contributed by atoms with Crippen molar-refractivity contribution in [2.75, 3.05) is 6.61 Å². The molecule has 6 heteroatoms. The van der Waals surface area contributed by atoms with E-state index in [-0.39, 0.29) is 28.0 Å². The van der Waals surface area contributed by atoms with Crippen LogP contribution in [0.15, 0.2) is 0 Å². The average molecular weight is 339 g/mol. The highest BCUT2D eigenvalue weighted by Gasteiger charge is 2.45. The fourth-order valence-corrected chi connectivity index (χ4v) is 3.22. The van der Waals surface area contributed by atoms with Gasteiger partial charge in [-0.25, -0.2) is 4.79 Å². The van der Waals surface area contributed by atoms with Crippen molar-refractivity contribution in [2.45, 2.75) is 35.8 Å². The summed E-state index contributed by atoms with van der Waals surface area (Å²) in [4.78, 5) is 23.0. The van der Waals surface area contributed by atoms with Crippen LogP contribution in [-0.2, 0) is 14.3 Å². The lowest BCUT2D eigenvalue weighted by atomic mass is 9.82. The first-order chi connectivity index (χ1) is 7.61. The Morgan fingerprint density at radius 2 is 2.38 bits per heavy atom. The van der Waals surface area contributed by atoms with E-state index < -0.39 is 6.09 Å². The Morgan fingerprint density at radius 3 is 3.06 bits per heavy atom. The predicted octanol–water partition coefficient (Wildman–Crippen LogP) is 1.24. The predicted molar refractivity (Wildman–Crippen MR) is 64.4 cm³/mol. The molecule has 0 unspecified atom stereocenters. The van der Waals surface area contributed by atoms with E-state index >= 15 is 0 Å². The fraction of sp³-hybridized carbons (Fsp3) is 0.800. The highest BCUT2D eigenvalue weighted by Crippen LogP contribution is 2.35. The normalized spacial score (nSPS) is 37.2. The topological polar surface area (TPSA) is 64.6 Å². The van der Waals surface area contributed by atoms with Crippen LogP contribution < -0.4 is 5.32 Å². The lowest BCUT2D eigenvalue weighted by Crippen LogP contribution is -2.57. The van der Waals surface area contributed by atoms with E-state index in [1.54, 1.807) is 6.92 Å². The van der Waals surface area contributed by atoms with Crippen LogP contribution in [0, 0.1) is 5.92 Å². The summed E-state index contributed by atoms with van der Waals surface area (Å²) >= 11 is 2.24. The van der Waals surface area contributed by atoms with Crippen LogP contribution in [0.1, 0.15) is 19.8 Å². The minimum atomic E-state index is -0.420. The van der Waals surface area contributed by atoms with Gasteiger partial charge < -0.3 is 14.8 Å². The number of halogens is 1. The molecule has 2 rings (SSSR count). The van der Waals surface area contributed by atoms with E-state index in [4.69, 9.17) is 9.47 Å². The number of rotatable bonds is 2. The van der Waals surface area contributed by atoms with Gasteiger partial charge in [0.25, 0.3) is 0 Å². The monoisotopic (exact) mass is 339 g/mol. The van der Waals surface area contributed by atoms with E-state index in [0.717, 1.165) is 0 Å². The van der Waals surface area contributed by atoms with Gasteiger partial charge in [-0.05, 0) is 13.3 Å². The Morgan fingerprint density at radius 1 is 1.62 bits per heavy atom. The number of hydrogen-bond donors (Lipinski definition) is 1. The van der Waals surface area contributed by atoms with Gasteiger partial charge in [0, 0.05) is 16.4 Å². The molecule has 2 bridgehead atoms. The maximum atomic E-state index is 11.7. The Kier molecular flexibility index (Phi) is 3.56. The molecule has 5 nitrogen and oxygen atoms in total. The van der Waals surface area contributed by atoms with Gasteiger partial charge >= 0.3 is 12.1 Å². The first-order valence-electron chi connectivity index (χ1n) is 5.39. The summed E-state index contributed by atoms with van der Waals surface area (Å²) < 4.78 is 10.4. The maximum Gasteiger partial charge on any atom is 0.407 e. The molecule has 1 saturated heterocycles. The van der Waals surface area contributed by atoms with E-state index in [2.05, 4.69) is 27.9 Å². The standard InChI is InChI=1S/C10H14INO4/c1-2-15-9(13)5-3-6(11)8-4-7(5)12-10(14)16-8/h5-8H,2-4H2,1H3,(H,12,14)/t5-,6-,7+,8-/m1/s1. The van der Waals surface area contributed by atoms with Crippen LogP contribution in [0.2, 0.25) is 0 Å². The molecule has 1 heterocycles. The summed E-state index contributed by atoms with van der Waals surface area (Å²) in [5, 5.41) is 2.69. The summed E-state index contributed by atoms with van der Waals surface area (Å²) in [5.41, 5.74) is 0. The van der Waals surface area contributed by atoms with E-state index in [1.807, 2.05) is 0 Å². The summed E-state index contributed by atoms with van der Waals surface area (Å²) in [6, 6.07) is -0.128. The number of alkyl carbamates (subject to hydrolysis) is 1. The molecule has 0 spiro atoms. The van der Waals surface area contributed by atoms with E-state index in [9.17, 15) is 9.59 Å². The third kappa shape index (κ3) is 2.26. The van der Waals surface area contributed by atoms with Gasteiger partial charge in [-0.3, -0.25) is 4.79 Å². The van der Waals surface area contributed by atoms with Crippen LogP contribution in [0.4, 0.5) is 4.79 Å². The van der Waals surface area contributed by atoms with Crippen molar-refractivity contribution in [1.29, 1.82) is 0 Å². The third-order valence-electron chi connectivity index (χ3n) is 3.01. The van der Waals surface area contributed by atoms with Crippen LogP contribution in [0.3, 0.4) is 0 Å². The van der Waals surface area contributed by atoms with Crippen LogP contribution in [0.25, 0.3) is 0 Å². The van der Waals surface area contributed by atoms with E-state index in [0.29, 0.717) is 19.4 Å². The van der Waals surface area contributed by atoms with Crippen molar-refractivity contribution < 1.29 is 19.1 Å². The van der Waals surface area contributed by atoms with Crippen molar-refractivity contribution in [1.82, 2.24) is 5.32 Å². The largest absolute Gasteiger partial charge is 0.466 e. The van der Waals surface area contributed by atoms with E-state index in [1.165, 1.54) is 0 Å². The molecule has 0 aromatic carbocycles. The van der Waals surface area contributed by atoms with Gasteiger partial charge in [0.15, 0.2) is 0 Å². The van der Waals surface area contributed by atoms with Crippen molar-refractivity contribution in [3.8, 4) is 0 Å². The summed E-state index contributed by atoms with van der Waals surface area (Å²) in [7, 11) is 0. The summed E-state index contributed by atoms with van der Waals surface area (Å²) in [6.07, 6.45) is 0.916. The van der Waals surface area contributed by atoms with Crippen LogP contribution in [-0.4, -0.2) is 34.7 Å². The molecule has 0 aromatic rings. The molecule has 1 aliphatic heterocycles. The second kappa shape index (κ2) is 4.77. The lowest BCUT2D eigenvalue weighted by Gasteiger charge is -2.41. The SMILES string of the molecule is CCOC(=O)[C@@H]1C[C@@H](I)[C@H]2C[C@@H]1NC(=O)O2. The summed E-state index contributed by atoms with van der Waals surface area (Å²) in [6.45, 7) is 2.16. The molecule has 1 amide bonds. The molecule has 16 heavy (non-hydrogen) atoms. The fourth-order valence-electron chi connectivity index (χ4n) is 2.23. The molecule has 2 fully saturated rings. The number of hydrogen-bond acceptors (Lipinski definition) is 4. The quantitative estimate of drug-likeness (QED) is 0.467. The van der Waals surface area contributed by atoms with Crippen LogP contribution >= 0.6 is 22.6 Å². The second-order valence-electron chi connectivity index (χ2n) is 4.04. The molecule has 90 valence electrons. The maximum absolute atomic E-state index is 11.7. The van der Waals surface area contributed by atoms with Crippen molar-refractivity contribution in [3.05, 3.63) is 0 Å². The van der Waals surface area contributed by atoms with Gasteiger partial charge in [-0.15, -0.1) is 0 Å². The highest BCUT2D eigenvalue weighted by molar-refractivity contribution is 14.1. The highest BCUT2D eigenvalue weighted by atomic mass is 127. The Labute approximate surface area is 107 Å². The Bertz CT molecular complexity index is 309. The zero-order chi connectivity index (χ0) is 11.7. The number of carbonyl (C=O) groups is 2. The van der Waals surface area contributed by atoms with Crippen LogP contribution in [0.5, 0.6) is 0 Å². The number of fused-ring (bicyclic) bond motifs is 2. The number of amides is 1. The molecule has 1 aliphatic carbocycles. The number of alkyl halides is 1. The number of carbonyl (C=O) groups excluding carboxylic acids is 2. The smallest absolute Gasteiger partial charge is 0.407 e. The second-order valence-corrected chi connectivity index (χ2v) is 5.64. The summed E-state index contributed by atoms with van der Waals surface area (Å²) in [5.74, 6) is -0.444. The first-order valence-corrected chi connectivity index (χ1v) is 6.64. The molecule has 1 N–H and O–H groups in total. The Balaban J connectivity index is 2.09. The molecule has 0 radical (unpaired) electrons.